The van der Waals surface area contributed by atoms with E-state index in [0.717, 1.165) is 35.5 Å². The van der Waals surface area contributed by atoms with Crippen LogP contribution < -0.4 is 9.47 Å². The van der Waals surface area contributed by atoms with Crippen molar-refractivity contribution >= 4 is 11.9 Å². The molecule has 0 radical (unpaired) electrons. The Bertz CT molecular complexity index is 966. The molecule has 4 bridgehead atoms. The molecule has 0 spiro atoms. The zero-order chi connectivity index (χ0) is 19.4. The Hall–Kier alpha value is -2.50. The van der Waals surface area contributed by atoms with E-state index in [-0.39, 0.29) is 30.7 Å². The van der Waals surface area contributed by atoms with Gasteiger partial charge in [0.1, 0.15) is 0 Å². The molecule has 1 N–H and O–H groups in total. The number of ether oxygens (including phenoxy) is 2. The first kappa shape index (κ1) is 16.5. The number of aliphatic carboxylic acids is 1. The summed E-state index contributed by atoms with van der Waals surface area (Å²) in [5, 5.41) is 9.77. The number of carbonyl (C=O) groups is 2. The lowest BCUT2D eigenvalue weighted by Gasteiger charge is -2.65. The molecule has 1 amide bonds. The van der Waals surface area contributed by atoms with Gasteiger partial charge in [0.2, 0.25) is 12.7 Å². The summed E-state index contributed by atoms with van der Waals surface area (Å²) in [5.74, 6) is 1.49. The number of carbonyl (C=O) groups excluding carboxylic acids is 1. The molecule has 146 valence electrons. The number of likely N-dealkylation sites (tertiary alicyclic amines) is 1. The van der Waals surface area contributed by atoms with Crippen LogP contribution in [0.5, 0.6) is 11.5 Å². The van der Waals surface area contributed by atoms with Crippen LogP contribution in [0, 0.1) is 22.7 Å². The highest BCUT2D eigenvalue weighted by Crippen LogP contribution is 2.67. The first-order valence-electron chi connectivity index (χ1n) is 10.0. The highest BCUT2D eigenvalue weighted by molar-refractivity contribution is 5.91. The lowest BCUT2D eigenvalue weighted by Crippen LogP contribution is -2.68. The number of benzene rings is 1. The molecule has 2 heterocycles. The van der Waals surface area contributed by atoms with Crippen molar-refractivity contribution < 1.29 is 24.2 Å². The molecule has 0 aromatic heterocycles. The molecule has 1 aromatic carbocycles. The van der Waals surface area contributed by atoms with E-state index < -0.39 is 16.8 Å². The Labute approximate surface area is 163 Å². The number of para-hydroxylation sites is 1. The topological polar surface area (TPSA) is 76.1 Å². The number of amides is 1. The van der Waals surface area contributed by atoms with E-state index in [4.69, 9.17) is 9.47 Å². The van der Waals surface area contributed by atoms with E-state index in [2.05, 4.69) is 6.08 Å². The summed E-state index contributed by atoms with van der Waals surface area (Å²) in [7, 11) is 0. The highest BCUT2D eigenvalue weighted by Gasteiger charge is 2.67. The predicted octanol–water partition coefficient (Wildman–Crippen LogP) is 3.13. The standard InChI is InChI=1S/C22H23NO5/c1-21(2)18(13-4-3-5-16-17(13)28-10-27-16)23(19(21)24)15-7-14-11-6-12(15)9-22(14,8-11)20(25)26/h3-5,7,11-12,15,18H,6,8-10H2,1-2H3,(H,25,26)/t11?,12?,15?,18?,22-/m0/s1. The molecule has 1 aromatic rings. The molecule has 2 aliphatic heterocycles. The van der Waals surface area contributed by atoms with E-state index in [1.54, 1.807) is 0 Å². The summed E-state index contributed by atoms with van der Waals surface area (Å²) in [6.45, 7) is 4.17. The van der Waals surface area contributed by atoms with Gasteiger partial charge < -0.3 is 19.5 Å². The molecule has 3 saturated carbocycles. The second kappa shape index (κ2) is 4.91. The normalized spacial score (nSPS) is 38.6. The third kappa shape index (κ3) is 1.71. The average molecular weight is 381 g/mol. The predicted molar refractivity (Wildman–Crippen MR) is 98.7 cm³/mol. The Morgan fingerprint density at radius 3 is 2.79 bits per heavy atom. The Balaban J connectivity index is 1.41. The fraction of sp³-hybridized carbons (Fsp3) is 0.545. The van der Waals surface area contributed by atoms with Gasteiger partial charge in [0.05, 0.1) is 22.9 Å². The first-order valence-corrected chi connectivity index (χ1v) is 10.0. The zero-order valence-corrected chi connectivity index (χ0v) is 16.0. The van der Waals surface area contributed by atoms with Crippen LogP contribution in [0.4, 0.5) is 0 Å². The van der Waals surface area contributed by atoms with E-state index in [1.807, 2.05) is 36.9 Å². The molecule has 6 heteroatoms. The number of carboxylic acid groups (broad SMARTS) is 1. The molecule has 5 aliphatic carbocycles. The monoisotopic (exact) mass is 381 g/mol. The quantitative estimate of drug-likeness (QED) is 0.643. The minimum atomic E-state index is -0.698. The molecule has 1 saturated heterocycles. The Kier molecular flexibility index (Phi) is 2.88. The van der Waals surface area contributed by atoms with Gasteiger partial charge in [-0.05, 0) is 51.0 Å². The number of carboxylic acids is 1. The largest absolute Gasteiger partial charge is 0.481 e. The highest BCUT2D eigenvalue weighted by atomic mass is 16.7. The van der Waals surface area contributed by atoms with Crippen molar-refractivity contribution in [1.29, 1.82) is 0 Å². The molecular weight excluding hydrogens is 358 g/mol. The van der Waals surface area contributed by atoms with Crippen molar-refractivity contribution in [2.24, 2.45) is 22.7 Å². The maximum absolute atomic E-state index is 13.2. The number of β-lactam (4-membered cyclic amide) rings is 1. The number of hydrogen-bond acceptors (Lipinski definition) is 4. The van der Waals surface area contributed by atoms with Gasteiger partial charge in [-0.3, -0.25) is 9.59 Å². The van der Waals surface area contributed by atoms with Gasteiger partial charge in [-0.25, -0.2) is 0 Å². The van der Waals surface area contributed by atoms with Crippen LogP contribution in [0.2, 0.25) is 0 Å². The lowest BCUT2D eigenvalue weighted by atomic mass is 9.43. The molecule has 7 aliphatic rings. The smallest absolute Gasteiger partial charge is 0.313 e. The van der Waals surface area contributed by atoms with Crippen LogP contribution in [-0.4, -0.2) is 34.7 Å². The lowest BCUT2D eigenvalue weighted by molar-refractivity contribution is -0.181. The van der Waals surface area contributed by atoms with Gasteiger partial charge in [0, 0.05) is 5.56 Å². The van der Waals surface area contributed by atoms with E-state index in [9.17, 15) is 14.7 Å². The molecule has 8 rings (SSSR count). The minimum Gasteiger partial charge on any atom is -0.481 e. The third-order valence-corrected chi connectivity index (χ3v) is 7.82. The van der Waals surface area contributed by atoms with Crippen LogP contribution in [0.15, 0.2) is 29.8 Å². The van der Waals surface area contributed by atoms with Crippen molar-refractivity contribution in [3.05, 3.63) is 35.4 Å². The molecule has 5 atom stereocenters. The SMILES string of the molecule is CC1(C)C(=O)N(C2C=C3C4CC2C[C@@]3(C(=O)O)C4)C1c1cccc2c1OCO2. The van der Waals surface area contributed by atoms with Crippen LogP contribution >= 0.6 is 0 Å². The second-order valence-electron chi connectivity index (χ2n) is 9.52. The summed E-state index contributed by atoms with van der Waals surface area (Å²) in [4.78, 5) is 27.0. The molecular formula is C22H23NO5. The van der Waals surface area contributed by atoms with Crippen LogP contribution in [0.25, 0.3) is 0 Å². The van der Waals surface area contributed by atoms with Crippen LogP contribution in [0.3, 0.4) is 0 Å². The summed E-state index contributed by atoms with van der Waals surface area (Å²) in [6, 6.07) is 5.72. The maximum Gasteiger partial charge on any atom is 0.313 e. The molecule has 4 unspecified atom stereocenters. The van der Waals surface area contributed by atoms with Crippen LogP contribution in [0.1, 0.15) is 44.7 Å². The van der Waals surface area contributed by atoms with Gasteiger partial charge in [-0.15, -0.1) is 0 Å². The summed E-state index contributed by atoms with van der Waals surface area (Å²) >= 11 is 0. The Morgan fingerprint density at radius 2 is 2.07 bits per heavy atom. The maximum atomic E-state index is 13.2. The third-order valence-electron chi connectivity index (χ3n) is 7.82. The number of nitrogens with zero attached hydrogens (tertiary/aromatic N) is 1. The fourth-order valence-corrected chi connectivity index (χ4v) is 6.56. The van der Waals surface area contributed by atoms with E-state index in [0.29, 0.717) is 12.3 Å². The second-order valence-corrected chi connectivity index (χ2v) is 9.52. The van der Waals surface area contributed by atoms with Crippen molar-refractivity contribution in [3.63, 3.8) is 0 Å². The first-order chi connectivity index (χ1) is 13.3. The van der Waals surface area contributed by atoms with E-state index >= 15 is 0 Å². The molecule has 4 fully saturated rings. The van der Waals surface area contributed by atoms with Crippen molar-refractivity contribution in [1.82, 2.24) is 4.90 Å². The van der Waals surface area contributed by atoms with Crippen molar-refractivity contribution in [2.45, 2.75) is 45.2 Å². The average Bonchev–Trinajstić information content (AvgIpc) is 3.15. The van der Waals surface area contributed by atoms with Crippen molar-refractivity contribution in [3.8, 4) is 11.5 Å². The number of hydrogen-bond donors (Lipinski definition) is 1. The van der Waals surface area contributed by atoms with Gasteiger partial charge in [-0.2, -0.15) is 0 Å². The van der Waals surface area contributed by atoms with Gasteiger partial charge in [-0.1, -0.05) is 23.8 Å². The molecule has 6 nitrogen and oxygen atoms in total. The molecule has 28 heavy (non-hydrogen) atoms. The number of fused-ring (bicyclic) bond motifs is 2. The van der Waals surface area contributed by atoms with Crippen molar-refractivity contribution in [2.75, 3.05) is 6.79 Å². The summed E-state index contributed by atoms with van der Waals surface area (Å²) in [5.41, 5.74) is 0.858. The zero-order valence-electron chi connectivity index (χ0n) is 16.0. The van der Waals surface area contributed by atoms with E-state index in [1.165, 1.54) is 0 Å². The Morgan fingerprint density at radius 1 is 1.25 bits per heavy atom. The summed E-state index contributed by atoms with van der Waals surface area (Å²) < 4.78 is 11.3. The van der Waals surface area contributed by atoms with Gasteiger partial charge >= 0.3 is 5.97 Å². The summed E-state index contributed by atoms with van der Waals surface area (Å²) in [6.07, 6.45) is 4.52. The van der Waals surface area contributed by atoms with Gasteiger partial charge in [0.25, 0.3) is 0 Å². The minimum absolute atomic E-state index is 0.0253. The fourth-order valence-electron chi connectivity index (χ4n) is 6.56. The number of rotatable bonds is 3. The van der Waals surface area contributed by atoms with Gasteiger partial charge in [0.15, 0.2) is 11.5 Å². The van der Waals surface area contributed by atoms with Crippen LogP contribution in [-0.2, 0) is 9.59 Å².